The number of hydrogen-bond donors (Lipinski definition) is 1. The largest absolute Gasteiger partial charge is 0.327 e. The van der Waals surface area contributed by atoms with E-state index >= 15 is 0 Å². The zero-order valence-corrected chi connectivity index (χ0v) is 6.60. The molecule has 0 amide bonds. The van der Waals surface area contributed by atoms with Crippen molar-refractivity contribution in [3.8, 4) is 0 Å². The van der Waals surface area contributed by atoms with E-state index in [-0.39, 0.29) is 0 Å². The lowest BCUT2D eigenvalue weighted by atomic mass is 9.96. The molecule has 0 unspecified atom stereocenters. The molecule has 0 aliphatic heterocycles. The van der Waals surface area contributed by atoms with Gasteiger partial charge in [0.1, 0.15) is 0 Å². The van der Waals surface area contributed by atoms with Crippen LogP contribution in [0.5, 0.6) is 0 Å². The third kappa shape index (κ3) is 0.968. The van der Waals surface area contributed by atoms with E-state index in [1.54, 1.807) is 0 Å². The molecule has 1 atom stereocenters. The molecule has 2 fully saturated rings. The smallest absolute Gasteiger partial charge is 0.0102 e. The van der Waals surface area contributed by atoms with E-state index in [4.69, 9.17) is 5.73 Å². The minimum Gasteiger partial charge on any atom is -0.327 e. The molecule has 2 aliphatic carbocycles. The van der Waals surface area contributed by atoms with Crippen LogP contribution >= 0.6 is 0 Å². The van der Waals surface area contributed by atoms with E-state index in [1.165, 1.54) is 44.9 Å². The summed E-state index contributed by atoms with van der Waals surface area (Å²) >= 11 is 0. The topological polar surface area (TPSA) is 26.0 Å². The van der Waals surface area contributed by atoms with Crippen molar-refractivity contribution in [2.24, 2.45) is 11.1 Å². The van der Waals surface area contributed by atoms with Crippen LogP contribution in [-0.2, 0) is 0 Å². The molecule has 0 aromatic rings. The third-order valence-corrected chi connectivity index (χ3v) is 3.35. The van der Waals surface area contributed by atoms with E-state index in [9.17, 15) is 0 Å². The quantitative estimate of drug-likeness (QED) is 0.546. The first-order chi connectivity index (χ1) is 4.83. The van der Waals surface area contributed by atoms with Gasteiger partial charge < -0.3 is 5.73 Å². The summed E-state index contributed by atoms with van der Waals surface area (Å²) in [6.07, 6.45) is 9.96. The molecule has 0 bridgehead atoms. The number of nitrogens with two attached hydrogens (primary N) is 1. The minimum atomic E-state index is 0.575. The zero-order chi connectivity index (χ0) is 7.03. The molecule has 0 aromatic heterocycles. The summed E-state index contributed by atoms with van der Waals surface area (Å²) in [5, 5.41) is 0. The molecule has 2 saturated carbocycles. The van der Waals surface area contributed by atoms with Crippen molar-refractivity contribution in [3.63, 3.8) is 0 Å². The molecule has 2 aliphatic rings. The van der Waals surface area contributed by atoms with Gasteiger partial charge in [0.25, 0.3) is 0 Å². The van der Waals surface area contributed by atoms with Crippen LogP contribution in [0.2, 0.25) is 0 Å². The summed E-state index contributed by atoms with van der Waals surface area (Å²) in [5.74, 6) is 0. The number of rotatable bonds is 0. The maximum absolute atomic E-state index is 5.90. The monoisotopic (exact) mass is 139 g/mol. The van der Waals surface area contributed by atoms with Crippen LogP contribution in [0.15, 0.2) is 0 Å². The molecule has 0 radical (unpaired) electrons. The van der Waals surface area contributed by atoms with Gasteiger partial charge in [-0.2, -0.15) is 0 Å². The predicted octanol–water partition coefficient (Wildman–Crippen LogP) is 2.06. The minimum absolute atomic E-state index is 0.575. The Morgan fingerprint density at radius 3 is 1.90 bits per heavy atom. The Morgan fingerprint density at radius 1 is 1.00 bits per heavy atom. The first-order valence-corrected chi connectivity index (χ1v) is 4.59. The Bertz CT molecular complexity index is 123. The normalized spacial score (nSPS) is 37.5. The van der Waals surface area contributed by atoms with Gasteiger partial charge >= 0.3 is 0 Å². The Hall–Kier alpha value is -0.0400. The highest BCUT2D eigenvalue weighted by Crippen LogP contribution is 2.53. The first kappa shape index (κ1) is 6.66. The molecule has 10 heavy (non-hydrogen) atoms. The zero-order valence-electron chi connectivity index (χ0n) is 6.60. The second kappa shape index (κ2) is 2.23. The molecule has 0 aromatic carbocycles. The fraction of sp³-hybridized carbons (Fsp3) is 1.00. The van der Waals surface area contributed by atoms with Crippen LogP contribution in [-0.4, -0.2) is 6.04 Å². The van der Waals surface area contributed by atoms with Gasteiger partial charge in [-0.15, -0.1) is 0 Å². The Balaban J connectivity index is 1.95. The highest BCUT2D eigenvalue weighted by molar-refractivity contribution is 5.05. The van der Waals surface area contributed by atoms with Gasteiger partial charge in [-0.3, -0.25) is 0 Å². The van der Waals surface area contributed by atoms with E-state index < -0.39 is 0 Å². The highest BCUT2D eigenvalue weighted by atomic mass is 14.8. The van der Waals surface area contributed by atoms with Crippen molar-refractivity contribution in [1.82, 2.24) is 0 Å². The highest BCUT2D eigenvalue weighted by Gasteiger charge is 2.50. The van der Waals surface area contributed by atoms with Crippen LogP contribution in [0.3, 0.4) is 0 Å². The molecule has 1 nitrogen and oxygen atoms in total. The van der Waals surface area contributed by atoms with Crippen molar-refractivity contribution >= 4 is 0 Å². The fourth-order valence-electron chi connectivity index (χ4n) is 2.39. The van der Waals surface area contributed by atoms with Gasteiger partial charge in [0.2, 0.25) is 0 Å². The van der Waals surface area contributed by atoms with E-state index in [0.29, 0.717) is 11.5 Å². The van der Waals surface area contributed by atoms with Gasteiger partial charge in [0.15, 0.2) is 0 Å². The summed E-state index contributed by atoms with van der Waals surface area (Å²) in [7, 11) is 0. The lowest BCUT2D eigenvalue weighted by Crippen LogP contribution is -2.12. The average molecular weight is 139 g/mol. The SMILES string of the molecule is N[C@@H]1CC12CCCCCC2. The van der Waals surface area contributed by atoms with Crippen molar-refractivity contribution in [2.75, 3.05) is 0 Å². The average Bonchev–Trinajstić information content (AvgIpc) is 2.60. The molecule has 2 rings (SSSR count). The van der Waals surface area contributed by atoms with Crippen LogP contribution in [0.25, 0.3) is 0 Å². The van der Waals surface area contributed by atoms with Gasteiger partial charge in [-0.1, -0.05) is 25.7 Å². The van der Waals surface area contributed by atoms with Gasteiger partial charge in [-0.25, -0.2) is 0 Å². The molecule has 1 heteroatoms. The molecule has 1 spiro atoms. The standard InChI is InChI=1S/C9H17N/c10-8-7-9(8)5-3-1-2-4-6-9/h8H,1-7,10H2/t8-/m1/s1. The second-order valence-electron chi connectivity index (χ2n) is 4.09. The summed E-state index contributed by atoms with van der Waals surface area (Å²) in [5.41, 5.74) is 6.55. The summed E-state index contributed by atoms with van der Waals surface area (Å²) in [6, 6.07) is 0.575. The van der Waals surface area contributed by atoms with Gasteiger partial charge in [-0.05, 0) is 24.7 Å². The maximum atomic E-state index is 5.90. The van der Waals surface area contributed by atoms with Crippen LogP contribution in [0, 0.1) is 5.41 Å². The lowest BCUT2D eigenvalue weighted by molar-refractivity contribution is 0.422. The first-order valence-electron chi connectivity index (χ1n) is 4.59. The van der Waals surface area contributed by atoms with Crippen LogP contribution in [0.1, 0.15) is 44.9 Å². The van der Waals surface area contributed by atoms with Crippen molar-refractivity contribution in [2.45, 2.75) is 51.0 Å². The van der Waals surface area contributed by atoms with Crippen molar-refractivity contribution in [1.29, 1.82) is 0 Å². The second-order valence-corrected chi connectivity index (χ2v) is 4.09. The van der Waals surface area contributed by atoms with E-state index in [0.717, 1.165) is 0 Å². The predicted molar refractivity (Wildman–Crippen MR) is 42.7 cm³/mol. The Morgan fingerprint density at radius 2 is 1.50 bits per heavy atom. The van der Waals surface area contributed by atoms with Crippen LogP contribution < -0.4 is 5.73 Å². The fourth-order valence-corrected chi connectivity index (χ4v) is 2.39. The van der Waals surface area contributed by atoms with Crippen LogP contribution in [0.4, 0.5) is 0 Å². The Labute approximate surface area is 63.0 Å². The Kier molecular flexibility index (Phi) is 1.48. The van der Waals surface area contributed by atoms with E-state index in [2.05, 4.69) is 0 Å². The molecule has 58 valence electrons. The van der Waals surface area contributed by atoms with Gasteiger partial charge in [0.05, 0.1) is 0 Å². The maximum Gasteiger partial charge on any atom is 0.0102 e. The summed E-state index contributed by atoms with van der Waals surface area (Å²) < 4.78 is 0. The molecular weight excluding hydrogens is 122 g/mol. The summed E-state index contributed by atoms with van der Waals surface area (Å²) in [4.78, 5) is 0. The molecule has 0 saturated heterocycles. The van der Waals surface area contributed by atoms with E-state index in [1.807, 2.05) is 0 Å². The van der Waals surface area contributed by atoms with Crippen molar-refractivity contribution < 1.29 is 0 Å². The van der Waals surface area contributed by atoms with Crippen molar-refractivity contribution in [3.05, 3.63) is 0 Å². The van der Waals surface area contributed by atoms with Gasteiger partial charge in [0, 0.05) is 6.04 Å². The molecular formula is C9H17N. The molecule has 2 N–H and O–H groups in total. The summed E-state index contributed by atoms with van der Waals surface area (Å²) in [6.45, 7) is 0. The number of hydrogen-bond acceptors (Lipinski definition) is 1. The third-order valence-electron chi connectivity index (χ3n) is 3.35. The molecule has 0 heterocycles. The lowest BCUT2D eigenvalue weighted by Gasteiger charge is -2.10.